The van der Waals surface area contributed by atoms with Gasteiger partial charge in [0.2, 0.25) is 5.91 Å². The van der Waals surface area contributed by atoms with Gasteiger partial charge in [0.05, 0.1) is 39.1 Å². The number of aryl methyl sites for hydroxylation is 1. The van der Waals surface area contributed by atoms with Crippen molar-refractivity contribution in [2.24, 2.45) is 0 Å². The number of hydrogen-bond acceptors (Lipinski definition) is 5. The Kier molecular flexibility index (Phi) is 5.06. The Balaban J connectivity index is 1.45. The van der Waals surface area contributed by atoms with Crippen molar-refractivity contribution in [3.63, 3.8) is 0 Å². The molecule has 0 saturated carbocycles. The Bertz CT molecular complexity index is 1150. The summed E-state index contributed by atoms with van der Waals surface area (Å²) < 4.78 is 1.83. The van der Waals surface area contributed by atoms with Gasteiger partial charge < -0.3 is 10.3 Å². The van der Waals surface area contributed by atoms with Crippen molar-refractivity contribution in [1.82, 2.24) is 24.7 Å². The number of imidazole rings is 1. The number of hydrogen-bond donors (Lipinski definition) is 2. The summed E-state index contributed by atoms with van der Waals surface area (Å²) in [5, 5.41) is 8.66. The maximum atomic E-state index is 12.5. The molecule has 2 N–H and O–H groups in total. The summed E-state index contributed by atoms with van der Waals surface area (Å²) in [5.41, 5.74) is 4.64. The molecule has 0 atom stereocenters. The number of nitrogens with one attached hydrogen (secondary N) is 2. The van der Waals surface area contributed by atoms with Gasteiger partial charge in [-0.25, -0.2) is 14.6 Å². The number of halogens is 1. The minimum absolute atomic E-state index is 0.129. The second-order valence-electron chi connectivity index (χ2n) is 6.20. The first kappa shape index (κ1) is 18.5. The van der Waals surface area contributed by atoms with Gasteiger partial charge in [-0.3, -0.25) is 4.79 Å². The normalized spacial score (nSPS) is 11.1. The van der Waals surface area contributed by atoms with Crippen LogP contribution in [0.1, 0.15) is 11.4 Å². The lowest BCUT2D eigenvalue weighted by molar-refractivity contribution is -0.113. The minimum Gasteiger partial charge on any atom is -0.331 e. The SMILES string of the molecule is Cc1nn(-c2ccccc2)c(C)c1NC(=O)CSc1nc2ncc(Cl)cc2[nH]1. The number of benzene rings is 1. The number of fused-ring (bicyclic) bond motifs is 1. The minimum atomic E-state index is -0.129. The number of aromatic nitrogens is 5. The van der Waals surface area contributed by atoms with Gasteiger partial charge in [0.15, 0.2) is 10.8 Å². The molecule has 4 rings (SSSR count). The molecule has 0 saturated heterocycles. The van der Waals surface area contributed by atoms with Crippen LogP contribution < -0.4 is 5.32 Å². The number of H-pyrrole nitrogens is 1. The van der Waals surface area contributed by atoms with Gasteiger partial charge in [-0.1, -0.05) is 41.6 Å². The number of carbonyl (C=O) groups is 1. The summed E-state index contributed by atoms with van der Waals surface area (Å²) in [6, 6.07) is 11.6. The number of amides is 1. The first-order valence-corrected chi connectivity index (χ1v) is 9.93. The van der Waals surface area contributed by atoms with E-state index in [-0.39, 0.29) is 11.7 Å². The molecule has 9 heteroatoms. The topological polar surface area (TPSA) is 88.5 Å². The fourth-order valence-corrected chi connectivity index (χ4v) is 3.71. The molecule has 0 bridgehead atoms. The van der Waals surface area contributed by atoms with Crippen molar-refractivity contribution in [2.45, 2.75) is 19.0 Å². The molecule has 0 radical (unpaired) electrons. The number of nitrogens with zero attached hydrogens (tertiary/aromatic N) is 4. The van der Waals surface area contributed by atoms with E-state index in [0.29, 0.717) is 15.8 Å². The van der Waals surface area contributed by atoms with E-state index in [1.807, 2.05) is 48.9 Å². The standard InChI is InChI=1S/C19H17ClN6OS/c1-11-17(12(2)26(25-11)14-6-4-3-5-7-14)23-16(27)10-28-19-22-15-8-13(20)9-21-18(15)24-19/h3-9H,10H2,1-2H3,(H,23,27)(H,21,22,24). The van der Waals surface area contributed by atoms with E-state index >= 15 is 0 Å². The summed E-state index contributed by atoms with van der Waals surface area (Å²) >= 11 is 7.24. The second kappa shape index (κ2) is 7.65. The molecule has 3 heterocycles. The van der Waals surface area contributed by atoms with Crippen molar-refractivity contribution in [1.29, 1.82) is 0 Å². The first-order valence-electron chi connectivity index (χ1n) is 8.57. The van der Waals surface area contributed by atoms with E-state index in [9.17, 15) is 4.79 Å². The molecule has 3 aromatic heterocycles. The smallest absolute Gasteiger partial charge is 0.234 e. The van der Waals surface area contributed by atoms with E-state index in [0.717, 1.165) is 28.3 Å². The van der Waals surface area contributed by atoms with Crippen LogP contribution in [0.4, 0.5) is 5.69 Å². The molecule has 0 aliphatic carbocycles. The maximum absolute atomic E-state index is 12.5. The van der Waals surface area contributed by atoms with Crippen LogP contribution in [0.3, 0.4) is 0 Å². The van der Waals surface area contributed by atoms with Crippen molar-refractivity contribution < 1.29 is 4.79 Å². The number of rotatable bonds is 5. The lowest BCUT2D eigenvalue weighted by Crippen LogP contribution is -2.15. The average molecular weight is 413 g/mol. The summed E-state index contributed by atoms with van der Waals surface area (Å²) in [5.74, 6) is 0.0819. The third-order valence-corrected chi connectivity index (χ3v) is 5.26. The quantitative estimate of drug-likeness (QED) is 0.481. The molecule has 0 aliphatic rings. The average Bonchev–Trinajstić information content (AvgIpc) is 3.22. The number of para-hydroxylation sites is 1. The maximum Gasteiger partial charge on any atom is 0.234 e. The zero-order chi connectivity index (χ0) is 19.7. The molecule has 0 aliphatic heterocycles. The van der Waals surface area contributed by atoms with E-state index in [1.54, 1.807) is 12.3 Å². The van der Waals surface area contributed by atoms with E-state index in [4.69, 9.17) is 11.6 Å². The molecule has 28 heavy (non-hydrogen) atoms. The van der Waals surface area contributed by atoms with Gasteiger partial charge in [-0.15, -0.1) is 0 Å². The number of aromatic amines is 1. The highest BCUT2D eigenvalue weighted by Crippen LogP contribution is 2.24. The highest BCUT2D eigenvalue weighted by atomic mass is 35.5. The van der Waals surface area contributed by atoms with Crippen LogP contribution >= 0.6 is 23.4 Å². The fourth-order valence-electron chi connectivity index (χ4n) is 2.87. The Morgan fingerprint density at radius 3 is 2.86 bits per heavy atom. The van der Waals surface area contributed by atoms with Crippen LogP contribution in [0, 0.1) is 13.8 Å². The predicted molar refractivity (Wildman–Crippen MR) is 111 cm³/mol. The Hall–Kier alpha value is -2.84. The zero-order valence-electron chi connectivity index (χ0n) is 15.2. The number of anilines is 1. The lowest BCUT2D eigenvalue weighted by atomic mass is 10.3. The Morgan fingerprint density at radius 2 is 2.07 bits per heavy atom. The number of pyridine rings is 1. The zero-order valence-corrected chi connectivity index (χ0v) is 16.8. The number of carbonyl (C=O) groups excluding carboxylic acids is 1. The van der Waals surface area contributed by atoms with Crippen LogP contribution in [-0.2, 0) is 4.79 Å². The monoisotopic (exact) mass is 412 g/mol. The highest BCUT2D eigenvalue weighted by molar-refractivity contribution is 7.99. The van der Waals surface area contributed by atoms with Crippen LogP contribution in [0.15, 0.2) is 47.8 Å². The lowest BCUT2D eigenvalue weighted by Gasteiger charge is -2.06. The highest BCUT2D eigenvalue weighted by Gasteiger charge is 2.16. The summed E-state index contributed by atoms with van der Waals surface area (Å²) in [4.78, 5) is 24.1. The third kappa shape index (κ3) is 3.74. The van der Waals surface area contributed by atoms with Gasteiger partial charge in [0, 0.05) is 6.20 Å². The van der Waals surface area contributed by atoms with Crippen molar-refractivity contribution >= 4 is 46.1 Å². The van der Waals surface area contributed by atoms with Crippen LogP contribution in [0.2, 0.25) is 5.02 Å². The molecular weight excluding hydrogens is 396 g/mol. The van der Waals surface area contributed by atoms with E-state index in [1.165, 1.54) is 11.8 Å². The van der Waals surface area contributed by atoms with E-state index in [2.05, 4.69) is 25.4 Å². The van der Waals surface area contributed by atoms with Gasteiger partial charge in [-0.05, 0) is 32.0 Å². The van der Waals surface area contributed by atoms with Gasteiger partial charge in [-0.2, -0.15) is 5.10 Å². The molecule has 7 nitrogen and oxygen atoms in total. The second-order valence-corrected chi connectivity index (χ2v) is 7.60. The molecule has 1 aromatic carbocycles. The first-order chi connectivity index (χ1) is 13.5. The molecule has 0 unspecified atom stereocenters. The Labute approximate surface area is 170 Å². The Morgan fingerprint density at radius 1 is 1.29 bits per heavy atom. The van der Waals surface area contributed by atoms with Crippen LogP contribution in [-0.4, -0.2) is 36.4 Å². The predicted octanol–water partition coefficient (Wildman–Crippen LogP) is 4.14. The third-order valence-electron chi connectivity index (χ3n) is 4.18. The molecule has 142 valence electrons. The summed E-state index contributed by atoms with van der Waals surface area (Å²) in [6.07, 6.45) is 1.54. The molecule has 0 spiro atoms. The number of thioether (sulfide) groups is 1. The molecular formula is C19H17ClN6OS. The summed E-state index contributed by atoms with van der Waals surface area (Å²) in [6.45, 7) is 3.81. The summed E-state index contributed by atoms with van der Waals surface area (Å²) in [7, 11) is 0. The molecule has 4 aromatic rings. The molecule has 0 fully saturated rings. The van der Waals surface area contributed by atoms with Crippen LogP contribution in [0.5, 0.6) is 0 Å². The van der Waals surface area contributed by atoms with Crippen molar-refractivity contribution in [3.8, 4) is 5.69 Å². The fraction of sp³-hybridized carbons (Fsp3) is 0.158. The van der Waals surface area contributed by atoms with Gasteiger partial charge in [0.25, 0.3) is 0 Å². The largest absolute Gasteiger partial charge is 0.331 e. The molecule has 1 amide bonds. The van der Waals surface area contributed by atoms with Crippen molar-refractivity contribution in [3.05, 3.63) is 59.0 Å². The van der Waals surface area contributed by atoms with Gasteiger partial charge >= 0.3 is 0 Å². The van der Waals surface area contributed by atoms with E-state index < -0.39 is 0 Å². The van der Waals surface area contributed by atoms with Crippen molar-refractivity contribution in [2.75, 3.05) is 11.1 Å². The van der Waals surface area contributed by atoms with Gasteiger partial charge in [0.1, 0.15) is 0 Å². The van der Waals surface area contributed by atoms with Crippen LogP contribution in [0.25, 0.3) is 16.9 Å².